The second kappa shape index (κ2) is 8.10. The van der Waals surface area contributed by atoms with Gasteiger partial charge in [-0.1, -0.05) is 13.8 Å². The maximum absolute atomic E-state index is 12.9. The molecule has 2 aliphatic heterocycles. The van der Waals surface area contributed by atoms with Crippen molar-refractivity contribution in [1.82, 2.24) is 24.9 Å². The van der Waals surface area contributed by atoms with Crippen LogP contribution in [0.15, 0.2) is 0 Å². The number of aryl methyl sites for hydroxylation is 1. The Hall–Kier alpha value is -2.05. The Labute approximate surface area is 155 Å². The van der Waals surface area contributed by atoms with Gasteiger partial charge in [-0.05, 0) is 31.6 Å². The van der Waals surface area contributed by atoms with Crippen LogP contribution in [0.4, 0.5) is 4.79 Å². The summed E-state index contributed by atoms with van der Waals surface area (Å²) in [7, 11) is 1.89. The number of rotatable bonds is 4. The fourth-order valence-electron chi connectivity index (χ4n) is 3.76. The van der Waals surface area contributed by atoms with E-state index in [1.54, 1.807) is 4.90 Å². The van der Waals surface area contributed by atoms with Gasteiger partial charge in [0.2, 0.25) is 0 Å². The molecule has 3 rings (SSSR count). The molecule has 26 heavy (non-hydrogen) atoms. The lowest BCUT2D eigenvalue weighted by Gasteiger charge is -2.29. The van der Waals surface area contributed by atoms with Gasteiger partial charge in [-0.3, -0.25) is 9.48 Å². The summed E-state index contributed by atoms with van der Waals surface area (Å²) in [4.78, 5) is 29.1. The molecular formula is C19H31N5O2. The summed E-state index contributed by atoms with van der Waals surface area (Å²) >= 11 is 0. The highest BCUT2D eigenvalue weighted by molar-refractivity contribution is 5.94. The maximum Gasteiger partial charge on any atom is 0.317 e. The monoisotopic (exact) mass is 361 g/mol. The van der Waals surface area contributed by atoms with Gasteiger partial charge in [0.25, 0.3) is 5.91 Å². The average Bonchev–Trinajstić information content (AvgIpc) is 2.97. The van der Waals surface area contributed by atoms with Gasteiger partial charge in [0.15, 0.2) is 5.69 Å². The number of hydrogen-bond acceptors (Lipinski definition) is 3. The van der Waals surface area contributed by atoms with Crippen LogP contribution in [-0.4, -0.2) is 57.7 Å². The number of amides is 3. The lowest BCUT2D eigenvalue weighted by Crippen LogP contribution is -2.44. The third kappa shape index (κ3) is 4.02. The molecule has 1 aromatic rings. The number of fused-ring (bicyclic) bond motifs is 1. The molecule has 1 fully saturated rings. The Kier molecular flexibility index (Phi) is 5.84. The summed E-state index contributed by atoms with van der Waals surface area (Å²) in [6.45, 7) is 7.73. The van der Waals surface area contributed by atoms with Gasteiger partial charge < -0.3 is 15.1 Å². The third-order valence-electron chi connectivity index (χ3n) is 5.37. The van der Waals surface area contributed by atoms with Crippen LogP contribution in [0.25, 0.3) is 0 Å². The van der Waals surface area contributed by atoms with E-state index in [9.17, 15) is 9.59 Å². The minimum Gasteiger partial charge on any atom is -0.338 e. The number of carbonyl (C=O) groups excluding carboxylic acids is 2. The van der Waals surface area contributed by atoms with Crippen molar-refractivity contribution in [2.75, 3.05) is 26.2 Å². The molecule has 0 aliphatic carbocycles. The topological polar surface area (TPSA) is 70.5 Å². The minimum atomic E-state index is -0.0449. The van der Waals surface area contributed by atoms with Crippen molar-refractivity contribution in [2.24, 2.45) is 13.0 Å². The van der Waals surface area contributed by atoms with Crippen LogP contribution >= 0.6 is 0 Å². The van der Waals surface area contributed by atoms with Crippen molar-refractivity contribution >= 4 is 11.9 Å². The normalized spacial score (nSPS) is 17.4. The molecule has 2 aliphatic rings. The van der Waals surface area contributed by atoms with Gasteiger partial charge >= 0.3 is 6.03 Å². The minimum absolute atomic E-state index is 0.0172. The van der Waals surface area contributed by atoms with Gasteiger partial charge in [0.1, 0.15) is 0 Å². The predicted octanol–water partition coefficient (Wildman–Crippen LogP) is 2.16. The molecule has 0 aromatic carbocycles. The summed E-state index contributed by atoms with van der Waals surface area (Å²) in [5, 5.41) is 7.51. The van der Waals surface area contributed by atoms with E-state index >= 15 is 0 Å². The number of carbonyl (C=O) groups is 2. The Morgan fingerprint density at radius 2 is 1.85 bits per heavy atom. The van der Waals surface area contributed by atoms with E-state index in [4.69, 9.17) is 0 Å². The SMILES string of the molecule is CC(C)CCNC(=O)N1CCc2c(c(C(=O)N3CCCCC3)nn2C)C1. The zero-order valence-electron chi connectivity index (χ0n) is 16.3. The Balaban J connectivity index is 1.70. The van der Waals surface area contributed by atoms with Crippen LogP contribution in [0.2, 0.25) is 0 Å². The van der Waals surface area contributed by atoms with Crippen LogP contribution in [-0.2, 0) is 20.0 Å². The fourth-order valence-corrected chi connectivity index (χ4v) is 3.76. The van der Waals surface area contributed by atoms with Crippen molar-refractivity contribution in [3.8, 4) is 0 Å². The summed E-state index contributed by atoms with van der Waals surface area (Å²) in [5.74, 6) is 0.582. The zero-order valence-corrected chi connectivity index (χ0v) is 16.3. The van der Waals surface area contributed by atoms with Crippen molar-refractivity contribution in [3.05, 3.63) is 17.0 Å². The lowest BCUT2D eigenvalue weighted by molar-refractivity contribution is 0.0715. The van der Waals surface area contributed by atoms with Crippen LogP contribution in [0.1, 0.15) is 61.3 Å². The van der Waals surface area contributed by atoms with E-state index in [2.05, 4.69) is 24.3 Å². The van der Waals surface area contributed by atoms with E-state index in [1.807, 2.05) is 16.6 Å². The highest BCUT2D eigenvalue weighted by Crippen LogP contribution is 2.24. The van der Waals surface area contributed by atoms with E-state index < -0.39 is 0 Å². The van der Waals surface area contributed by atoms with Crippen LogP contribution < -0.4 is 5.32 Å². The number of hydrogen-bond donors (Lipinski definition) is 1. The molecule has 1 saturated heterocycles. The van der Waals surface area contributed by atoms with Crippen LogP contribution in [0.5, 0.6) is 0 Å². The van der Waals surface area contributed by atoms with Gasteiger partial charge in [-0.15, -0.1) is 0 Å². The van der Waals surface area contributed by atoms with Crippen molar-refractivity contribution < 1.29 is 9.59 Å². The number of nitrogens with one attached hydrogen (secondary N) is 1. The molecule has 0 saturated carbocycles. The molecule has 0 spiro atoms. The van der Waals surface area contributed by atoms with Crippen LogP contribution in [0, 0.1) is 5.92 Å². The van der Waals surface area contributed by atoms with E-state index in [1.165, 1.54) is 6.42 Å². The van der Waals surface area contributed by atoms with Crippen molar-refractivity contribution in [1.29, 1.82) is 0 Å². The second-order valence-electron chi connectivity index (χ2n) is 7.84. The molecule has 0 unspecified atom stereocenters. The summed E-state index contributed by atoms with van der Waals surface area (Å²) in [5.41, 5.74) is 2.54. The van der Waals surface area contributed by atoms with Gasteiger partial charge in [0, 0.05) is 50.9 Å². The quantitative estimate of drug-likeness (QED) is 0.893. The first-order valence-corrected chi connectivity index (χ1v) is 9.84. The Morgan fingerprint density at radius 1 is 1.12 bits per heavy atom. The molecule has 7 heteroatoms. The van der Waals surface area contributed by atoms with E-state index in [-0.39, 0.29) is 11.9 Å². The van der Waals surface area contributed by atoms with Gasteiger partial charge in [-0.2, -0.15) is 5.10 Å². The highest BCUT2D eigenvalue weighted by Gasteiger charge is 2.31. The van der Waals surface area contributed by atoms with Crippen molar-refractivity contribution in [3.63, 3.8) is 0 Å². The Morgan fingerprint density at radius 3 is 2.54 bits per heavy atom. The molecule has 0 atom stereocenters. The number of likely N-dealkylation sites (tertiary alicyclic amines) is 1. The second-order valence-corrected chi connectivity index (χ2v) is 7.84. The smallest absolute Gasteiger partial charge is 0.317 e. The molecule has 144 valence electrons. The molecule has 3 amide bonds. The fraction of sp³-hybridized carbons (Fsp3) is 0.737. The standard InChI is InChI=1S/C19H31N5O2/c1-14(2)7-9-20-19(26)24-12-8-16-15(13-24)17(21-22(16)3)18(25)23-10-5-4-6-11-23/h14H,4-13H2,1-3H3,(H,20,26). The number of nitrogens with zero attached hydrogens (tertiary/aromatic N) is 4. The molecular weight excluding hydrogens is 330 g/mol. The predicted molar refractivity (Wildman–Crippen MR) is 99.9 cm³/mol. The first kappa shape index (κ1) is 18.7. The molecule has 0 radical (unpaired) electrons. The Bertz CT molecular complexity index is 661. The summed E-state index contributed by atoms with van der Waals surface area (Å²) in [6.07, 6.45) is 5.02. The molecule has 1 N–H and O–H groups in total. The third-order valence-corrected chi connectivity index (χ3v) is 5.37. The first-order valence-electron chi connectivity index (χ1n) is 9.84. The molecule has 1 aromatic heterocycles. The van der Waals surface area contributed by atoms with Crippen molar-refractivity contribution in [2.45, 2.75) is 52.5 Å². The van der Waals surface area contributed by atoms with Gasteiger partial charge in [-0.25, -0.2) is 4.79 Å². The number of piperidine rings is 1. The lowest BCUT2D eigenvalue weighted by atomic mass is 10.0. The molecule has 0 bridgehead atoms. The van der Waals surface area contributed by atoms with E-state index in [0.29, 0.717) is 31.2 Å². The maximum atomic E-state index is 12.9. The summed E-state index contributed by atoms with van der Waals surface area (Å²) < 4.78 is 1.82. The largest absolute Gasteiger partial charge is 0.338 e. The zero-order chi connectivity index (χ0) is 18.7. The first-order chi connectivity index (χ1) is 12.5. The van der Waals surface area contributed by atoms with E-state index in [0.717, 1.165) is 50.0 Å². The average molecular weight is 361 g/mol. The molecule has 7 nitrogen and oxygen atoms in total. The van der Waals surface area contributed by atoms with Crippen LogP contribution in [0.3, 0.4) is 0 Å². The van der Waals surface area contributed by atoms with Gasteiger partial charge in [0.05, 0.1) is 6.54 Å². The number of urea groups is 1. The molecule has 3 heterocycles. The highest BCUT2D eigenvalue weighted by atomic mass is 16.2. The summed E-state index contributed by atoms with van der Waals surface area (Å²) in [6, 6.07) is -0.0449. The number of aromatic nitrogens is 2.